The molecule has 0 saturated carbocycles. The van der Waals surface area contributed by atoms with E-state index in [0.29, 0.717) is 11.4 Å². The van der Waals surface area contributed by atoms with E-state index in [1.54, 1.807) is 0 Å². The molecule has 8 aromatic carbocycles. The minimum Gasteiger partial charge on any atom is -0.228 e. The maximum atomic E-state index is 9.34. The quantitative estimate of drug-likeness (QED) is 0.140. The van der Waals surface area contributed by atoms with Crippen LogP contribution in [0.4, 0.5) is 0 Å². The zero-order valence-electron chi connectivity index (χ0n) is 27.1. The van der Waals surface area contributed by atoms with Crippen LogP contribution in [0.5, 0.6) is 0 Å². The maximum absolute atomic E-state index is 9.34. The molecule has 0 spiro atoms. The predicted molar refractivity (Wildman–Crippen MR) is 206 cm³/mol. The second-order valence-electron chi connectivity index (χ2n) is 12.5. The summed E-state index contributed by atoms with van der Waals surface area (Å²) in [6.07, 6.45) is 0. The van der Waals surface area contributed by atoms with Crippen LogP contribution in [0.1, 0.15) is 5.56 Å². The molecule has 0 N–H and O–H groups in total. The van der Waals surface area contributed by atoms with Gasteiger partial charge in [0.05, 0.1) is 23.0 Å². The van der Waals surface area contributed by atoms with Crippen molar-refractivity contribution in [3.8, 4) is 62.2 Å². The number of benzene rings is 8. The molecule has 0 fully saturated rings. The van der Waals surface area contributed by atoms with Crippen molar-refractivity contribution in [2.24, 2.45) is 0 Å². The van der Waals surface area contributed by atoms with Gasteiger partial charge in [-0.2, -0.15) is 5.26 Å². The van der Waals surface area contributed by atoms with Crippen molar-refractivity contribution in [1.29, 1.82) is 5.26 Å². The van der Waals surface area contributed by atoms with Gasteiger partial charge in [-0.05, 0) is 84.9 Å². The second kappa shape index (κ2) is 12.3. The monoisotopic (exact) mass is 635 g/mol. The average Bonchev–Trinajstić information content (AvgIpc) is 3.20. The molecule has 50 heavy (non-hydrogen) atoms. The molecule has 1 aromatic heterocycles. The Hall–Kier alpha value is -6.89. The third-order valence-corrected chi connectivity index (χ3v) is 9.51. The lowest BCUT2D eigenvalue weighted by atomic mass is 9.92. The molecule has 232 valence electrons. The minimum atomic E-state index is 0.641. The van der Waals surface area contributed by atoms with Crippen molar-refractivity contribution >= 4 is 32.3 Å². The van der Waals surface area contributed by atoms with E-state index in [4.69, 9.17) is 9.97 Å². The number of hydrogen-bond acceptors (Lipinski definition) is 3. The molecule has 0 aliphatic carbocycles. The number of rotatable bonds is 5. The Kier molecular flexibility index (Phi) is 7.19. The minimum absolute atomic E-state index is 0.641. The predicted octanol–water partition coefficient (Wildman–Crippen LogP) is 12.1. The molecule has 0 bridgehead atoms. The third-order valence-electron chi connectivity index (χ3n) is 9.51. The summed E-state index contributed by atoms with van der Waals surface area (Å²) in [5.41, 5.74) is 9.74. The smallest absolute Gasteiger partial charge is 0.161 e. The molecule has 0 saturated heterocycles. The topological polar surface area (TPSA) is 49.6 Å². The summed E-state index contributed by atoms with van der Waals surface area (Å²) in [6.45, 7) is 0. The fourth-order valence-electron chi connectivity index (χ4n) is 7.08. The van der Waals surface area contributed by atoms with Crippen molar-refractivity contribution < 1.29 is 0 Å². The normalized spacial score (nSPS) is 11.2. The van der Waals surface area contributed by atoms with Crippen LogP contribution in [-0.2, 0) is 0 Å². The standard InChI is InChI=1S/C47H29N3/c48-30-31-21-23-32(24-22-31)35-15-10-16-37(27-35)44-29-45(41-20-9-8-17-38(41)33-11-2-1-3-12-33)50-47(49-44)46-40-19-7-5-14-36(40)28-43-39-18-6-4-13-34(39)25-26-42(43)46/h1-29H. The summed E-state index contributed by atoms with van der Waals surface area (Å²) in [6, 6.07) is 63.3. The highest BCUT2D eigenvalue weighted by atomic mass is 14.9. The summed E-state index contributed by atoms with van der Waals surface area (Å²) >= 11 is 0. The van der Waals surface area contributed by atoms with Crippen LogP contribution in [0.3, 0.4) is 0 Å². The Morgan fingerprint density at radius 2 is 1.04 bits per heavy atom. The SMILES string of the molecule is N#Cc1ccc(-c2cccc(-c3cc(-c4ccccc4-c4ccccc4)nc(-c4c5ccccc5cc5c4ccc4ccccc45)n3)c2)cc1. The van der Waals surface area contributed by atoms with Gasteiger partial charge in [0.25, 0.3) is 0 Å². The van der Waals surface area contributed by atoms with Crippen LogP contribution in [-0.4, -0.2) is 9.97 Å². The van der Waals surface area contributed by atoms with Crippen LogP contribution in [0.15, 0.2) is 176 Å². The molecule has 0 radical (unpaired) electrons. The molecular weight excluding hydrogens is 607 g/mol. The molecule has 0 unspecified atom stereocenters. The summed E-state index contributed by atoms with van der Waals surface area (Å²) in [4.78, 5) is 10.8. The van der Waals surface area contributed by atoms with Gasteiger partial charge in [-0.15, -0.1) is 0 Å². The van der Waals surface area contributed by atoms with E-state index in [2.05, 4.69) is 152 Å². The summed E-state index contributed by atoms with van der Waals surface area (Å²) in [5, 5.41) is 16.3. The summed E-state index contributed by atoms with van der Waals surface area (Å²) < 4.78 is 0. The first-order chi connectivity index (χ1) is 24.7. The largest absolute Gasteiger partial charge is 0.228 e. The van der Waals surface area contributed by atoms with Crippen LogP contribution in [0.2, 0.25) is 0 Å². The molecular formula is C47H29N3. The van der Waals surface area contributed by atoms with Gasteiger partial charge in [0.2, 0.25) is 0 Å². The van der Waals surface area contributed by atoms with E-state index in [1.807, 2.05) is 30.3 Å². The van der Waals surface area contributed by atoms with Crippen molar-refractivity contribution in [2.45, 2.75) is 0 Å². The molecule has 0 atom stereocenters. The van der Waals surface area contributed by atoms with E-state index in [-0.39, 0.29) is 0 Å². The molecule has 9 rings (SSSR count). The number of fused-ring (bicyclic) bond motifs is 4. The molecule has 3 heteroatoms. The van der Waals surface area contributed by atoms with E-state index >= 15 is 0 Å². The van der Waals surface area contributed by atoms with E-state index in [0.717, 1.165) is 66.5 Å². The Morgan fingerprint density at radius 3 is 1.86 bits per heavy atom. The number of hydrogen-bond donors (Lipinski definition) is 0. The first kappa shape index (κ1) is 29.3. The van der Waals surface area contributed by atoms with Crippen LogP contribution >= 0.6 is 0 Å². The van der Waals surface area contributed by atoms with E-state index < -0.39 is 0 Å². The number of nitriles is 1. The van der Waals surface area contributed by atoms with Gasteiger partial charge in [-0.3, -0.25) is 0 Å². The van der Waals surface area contributed by atoms with Gasteiger partial charge in [0.15, 0.2) is 5.82 Å². The highest BCUT2D eigenvalue weighted by molar-refractivity contribution is 6.19. The highest BCUT2D eigenvalue weighted by Crippen LogP contribution is 2.41. The molecule has 9 aromatic rings. The van der Waals surface area contributed by atoms with Crippen LogP contribution in [0, 0.1) is 11.3 Å². The van der Waals surface area contributed by atoms with Crippen molar-refractivity contribution in [2.75, 3.05) is 0 Å². The lowest BCUT2D eigenvalue weighted by Crippen LogP contribution is -1.99. The van der Waals surface area contributed by atoms with Gasteiger partial charge in [-0.1, -0.05) is 146 Å². The highest BCUT2D eigenvalue weighted by Gasteiger charge is 2.19. The fourth-order valence-corrected chi connectivity index (χ4v) is 7.08. The Labute approximate surface area is 290 Å². The number of nitrogens with zero attached hydrogens (tertiary/aromatic N) is 3. The lowest BCUT2D eigenvalue weighted by Gasteiger charge is -2.16. The Balaban J connectivity index is 1.34. The van der Waals surface area contributed by atoms with Crippen molar-refractivity contribution in [1.82, 2.24) is 9.97 Å². The molecule has 3 nitrogen and oxygen atoms in total. The summed E-state index contributed by atoms with van der Waals surface area (Å²) in [7, 11) is 0. The van der Waals surface area contributed by atoms with Crippen molar-refractivity contribution in [3.05, 3.63) is 181 Å². The van der Waals surface area contributed by atoms with Gasteiger partial charge >= 0.3 is 0 Å². The van der Waals surface area contributed by atoms with Crippen LogP contribution in [0.25, 0.3) is 88.5 Å². The average molecular weight is 636 g/mol. The van der Waals surface area contributed by atoms with E-state index in [1.165, 1.54) is 16.2 Å². The molecule has 0 aliphatic rings. The maximum Gasteiger partial charge on any atom is 0.161 e. The Bertz CT molecular complexity index is 2760. The zero-order valence-corrected chi connectivity index (χ0v) is 27.1. The zero-order chi connectivity index (χ0) is 33.4. The second-order valence-corrected chi connectivity index (χ2v) is 12.5. The summed E-state index contributed by atoms with van der Waals surface area (Å²) in [5.74, 6) is 0.682. The first-order valence-electron chi connectivity index (χ1n) is 16.7. The molecule has 0 aliphatic heterocycles. The van der Waals surface area contributed by atoms with Gasteiger partial charge in [0, 0.05) is 16.7 Å². The Morgan fingerprint density at radius 1 is 0.380 bits per heavy atom. The first-order valence-corrected chi connectivity index (χ1v) is 16.7. The molecule has 0 amide bonds. The number of aromatic nitrogens is 2. The van der Waals surface area contributed by atoms with Crippen molar-refractivity contribution in [3.63, 3.8) is 0 Å². The van der Waals surface area contributed by atoms with Crippen LogP contribution < -0.4 is 0 Å². The third kappa shape index (κ3) is 5.17. The lowest BCUT2D eigenvalue weighted by molar-refractivity contribution is 1.19. The van der Waals surface area contributed by atoms with E-state index in [9.17, 15) is 5.26 Å². The van der Waals surface area contributed by atoms with Gasteiger partial charge in [-0.25, -0.2) is 9.97 Å². The van der Waals surface area contributed by atoms with Gasteiger partial charge < -0.3 is 0 Å². The molecule has 1 heterocycles. The van der Waals surface area contributed by atoms with Gasteiger partial charge in [0.1, 0.15) is 0 Å². The fraction of sp³-hybridized carbons (Fsp3) is 0.